The Balaban J connectivity index is 1.59. The maximum absolute atomic E-state index is 10.6. The van der Waals surface area contributed by atoms with Crippen LogP contribution in [0.15, 0.2) is 42.5 Å². The van der Waals surface area contributed by atoms with E-state index in [1.54, 1.807) is 0 Å². The second-order valence-corrected chi connectivity index (χ2v) is 12.8. The minimum absolute atomic E-state index is 0.0277. The minimum atomic E-state index is -4.44. The number of phosphoric acid groups is 1. The van der Waals surface area contributed by atoms with Crippen molar-refractivity contribution < 1.29 is 37.8 Å². The van der Waals surface area contributed by atoms with Gasteiger partial charge in [-0.05, 0) is 24.3 Å². The third-order valence-corrected chi connectivity index (χ3v) is 8.23. The van der Waals surface area contributed by atoms with Crippen LogP contribution in [-0.4, -0.2) is 62.1 Å². The molecule has 0 radical (unpaired) electrons. The molecule has 0 aliphatic carbocycles. The molecule has 2 N–H and O–H groups in total. The number of hydrogen-bond acceptors (Lipinski definition) is 6. The topological polar surface area (TPSA) is 104 Å². The summed E-state index contributed by atoms with van der Waals surface area (Å²) < 4.78 is 38.2. The van der Waals surface area contributed by atoms with Gasteiger partial charge in [0.05, 0.1) is 46.2 Å². The first kappa shape index (κ1) is 38.7. The Kier molecular flexibility index (Phi) is 22.5. The van der Waals surface area contributed by atoms with Crippen molar-refractivity contribution in [3.8, 4) is 5.75 Å². The zero-order valence-electron chi connectivity index (χ0n) is 27.2. The molecule has 2 aromatic rings. The third kappa shape index (κ3) is 20.5. The smallest absolute Gasteiger partial charge is 0.469 e. The monoisotopic (exact) mass is 638 g/mol. The number of fused-ring (bicyclic) bond motifs is 1. The Labute approximate surface area is 266 Å². The zero-order valence-corrected chi connectivity index (χ0v) is 28.1. The minimum Gasteiger partial charge on any atom is -0.487 e. The lowest BCUT2D eigenvalue weighted by atomic mass is 10.0. The molecule has 1 atom stereocenters. The molecule has 2 rings (SSSR count). The summed E-state index contributed by atoms with van der Waals surface area (Å²) in [4.78, 5) is 17.3. The van der Waals surface area contributed by atoms with Crippen molar-refractivity contribution in [1.82, 2.24) is 0 Å². The number of benzene rings is 2. The SMILES string of the molecule is CCCCCCCCCCCCCCCCCC(COCCOCCOCCOP(=O)(O)O)Oc1cccc2ccccc12. The number of ether oxygens (including phenoxy) is 4. The molecule has 0 fully saturated rings. The Bertz CT molecular complexity index is 992. The highest BCUT2D eigenvalue weighted by Gasteiger charge is 2.14. The summed E-state index contributed by atoms with van der Waals surface area (Å²) in [7, 11) is -4.44. The van der Waals surface area contributed by atoms with Crippen LogP contribution < -0.4 is 4.74 Å². The molecule has 0 saturated carbocycles. The maximum Gasteiger partial charge on any atom is 0.469 e. The molecule has 0 aromatic heterocycles. The van der Waals surface area contributed by atoms with E-state index in [1.807, 2.05) is 24.3 Å². The number of hydrogen-bond donors (Lipinski definition) is 2. The van der Waals surface area contributed by atoms with Gasteiger partial charge < -0.3 is 28.7 Å². The first-order valence-corrected chi connectivity index (χ1v) is 18.6. The maximum atomic E-state index is 10.6. The van der Waals surface area contributed by atoms with Gasteiger partial charge in [0.1, 0.15) is 11.9 Å². The van der Waals surface area contributed by atoms with E-state index in [2.05, 4.69) is 29.6 Å². The van der Waals surface area contributed by atoms with Crippen molar-refractivity contribution >= 4 is 18.6 Å². The van der Waals surface area contributed by atoms with Crippen LogP contribution in [-0.2, 0) is 23.3 Å². The van der Waals surface area contributed by atoms with Crippen LogP contribution in [0.3, 0.4) is 0 Å². The summed E-state index contributed by atoms with van der Waals surface area (Å²) in [6.07, 6.45) is 21.2. The molecule has 0 heterocycles. The normalized spacial score (nSPS) is 12.6. The highest BCUT2D eigenvalue weighted by Crippen LogP contribution is 2.35. The van der Waals surface area contributed by atoms with E-state index >= 15 is 0 Å². The average Bonchev–Trinajstić information content (AvgIpc) is 3.01. The first-order valence-electron chi connectivity index (χ1n) is 17.1. The molecule has 0 spiro atoms. The van der Waals surface area contributed by atoms with Gasteiger partial charge in [0.25, 0.3) is 0 Å². The van der Waals surface area contributed by atoms with E-state index in [0.717, 1.165) is 24.0 Å². The second-order valence-electron chi connectivity index (χ2n) is 11.6. The lowest BCUT2D eigenvalue weighted by Crippen LogP contribution is -2.24. The van der Waals surface area contributed by atoms with Crippen molar-refractivity contribution in [1.29, 1.82) is 0 Å². The van der Waals surface area contributed by atoms with E-state index in [0.29, 0.717) is 33.0 Å². The van der Waals surface area contributed by atoms with Crippen molar-refractivity contribution in [2.45, 2.75) is 116 Å². The molecule has 252 valence electrons. The largest absolute Gasteiger partial charge is 0.487 e. The van der Waals surface area contributed by atoms with Crippen LogP contribution >= 0.6 is 7.82 Å². The van der Waals surface area contributed by atoms with Gasteiger partial charge in [-0.25, -0.2) is 4.57 Å². The van der Waals surface area contributed by atoms with Gasteiger partial charge in [0.2, 0.25) is 0 Å². The van der Waals surface area contributed by atoms with Gasteiger partial charge >= 0.3 is 7.82 Å². The summed E-state index contributed by atoms with van der Waals surface area (Å²) in [6.45, 7) is 4.28. The Morgan fingerprint density at radius 3 is 1.70 bits per heavy atom. The van der Waals surface area contributed by atoms with E-state index in [-0.39, 0.29) is 19.3 Å². The van der Waals surface area contributed by atoms with Crippen LogP contribution in [0.4, 0.5) is 0 Å². The summed E-state index contributed by atoms with van der Waals surface area (Å²) in [5, 5.41) is 2.28. The number of rotatable bonds is 30. The van der Waals surface area contributed by atoms with Gasteiger partial charge in [-0.1, -0.05) is 133 Å². The zero-order chi connectivity index (χ0) is 31.6. The van der Waals surface area contributed by atoms with Crippen LogP contribution in [0, 0.1) is 0 Å². The molecule has 0 aliphatic rings. The number of unbranched alkanes of at least 4 members (excludes halogenated alkanes) is 14. The highest BCUT2D eigenvalue weighted by molar-refractivity contribution is 7.46. The Morgan fingerprint density at radius 2 is 1.11 bits per heavy atom. The molecule has 0 saturated heterocycles. The van der Waals surface area contributed by atoms with E-state index < -0.39 is 7.82 Å². The van der Waals surface area contributed by atoms with Gasteiger partial charge in [0, 0.05) is 5.39 Å². The summed E-state index contributed by atoms with van der Waals surface area (Å²) in [5.41, 5.74) is 0. The number of phosphoric ester groups is 1. The lowest BCUT2D eigenvalue weighted by molar-refractivity contribution is -0.00935. The van der Waals surface area contributed by atoms with Crippen LogP contribution in [0.1, 0.15) is 110 Å². The molecule has 9 heteroatoms. The van der Waals surface area contributed by atoms with Crippen molar-refractivity contribution in [3.63, 3.8) is 0 Å². The first-order chi connectivity index (χ1) is 21.5. The second kappa shape index (κ2) is 25.7. The molecular weight excluding hydrogens is 579 g/mol. The highest BCUT2D eigenvalue weighted by atomic mass is 31.2. The van der Waals surface area contributed by atoms with E-state index in [9.17, 15) is 4.57 Å². The molecule has 0 amide bonds. The summed E-state index contributed by atoms with van der Waals surface area (Å²) >= 11 is 0. The predicted octanol–water partition coefficient (Wildman–Crippen LogP) is 9.01. The fraction of sp³-hybridized carbons (Fsp3) is 0.714. The standard InChI is InChI=1S/C35H59O8P/c1-2-3-4-5-6-7-8-9-10-11-12-13-14-15-16-22-33(43-35-24-19-21-32-20-17-18-23-34(32)35)31-41-28-27-39-25-26-40-29-30-42-44(36,37)38/h17-21,23-24,33H,2-16,22,25-31H2,1H3,(H2,36,37,38). The van der Waals surface area contributed by atoms with Gasteiger partial charge in [-0.15, -0.1) is 0 Å². The lowest BCUT2D eigenvalue weighted by Gasteiger charge is -2.20. The average molecular weight is 639 g/mol. The molecule has 0 bridgehead atoms. The predicted molar refractivity (Wildman–Crippen MR) is 178 cm³/mol. The fourth-order valence-corrected chi connectivity index (χ4v) is 5.58. The van der Waals surface area contributed by atoms with Gasteiger partial charge in [0.15, 0.2) is 0 Å². The Hall–Kier alpha value is -1.51. The Morgan fingerprint density at radius 1 is 0.614 bits per heavy atom. The molecular formula is C35H59O8P. The third-order valence-electron chi connectivity index (χ3n) is 7.71. The summed E-state index contributed by atoms with van der Waals surface area (Å²) in [6, 6.07) is 14.5. The van der Waals surface area contributed by atoms with Crippen molar-refractivity contribution in [2.75, 3.05) is 46.2 Å². The van der Waals surface area contributed by atoms with Crippen LogP contribution in [0.2, 0.25) is 0 Å². The molecule has 8 nitrogen and oxygen atoms in total. The fourth-order valence-electron chi connectivity index (χ4n) is 5.27. The van der Waals surface area contributed by atoms with E-state index in [4.69, 9.17) is 28.7 Å². The van der Waals surface area contributed by atoms with Crippen molar-refractivity contribution in [2.24, 2.45) is 0 Å². The quantitative estimate of drug-likeness (QED) is 0.0645. The molecule has 1 unspecified atom stereocenters. The summed E-state index contributed by atoms with van der Waals surface area (Å²) in [5.74, 6) is 0.897. The molecule has 44 heavy (non-hydrogen) atoms. The van der Waals surface area contributed by atoms with Crippen molar-refractivity contribution in [3.05, 3.63) is 42.5 Å². The van der Waals surface area contributed by atoms with Gasteiger partial charge in [-0.2, -0.15) is 0 Å². The van der Waals surface area contributed by atoms with Gasteiger partial charge in [-0.3, -0.25) is 4.52 Å². The van der Waals surface area contributed by atoms with Crippen LogP contribution in [0.25, 0.3) is 10.8 Å². The molecule has 2 aromatic carbocycles. The molecule has 0 aliphatic heterocycles. The van der Waals surface area contributed by atoms with Crippen LogP contribution in [0.5, 0.6) is 5.75 Å². The van der Waals surface area contributed by atoms with E-state index in [1.165, 1.54) is 95.3 Å².